The Balaban J connectivity index is 1.55. The summed E-state index contributed by atoms with van der Waals surface area (Å²) in [5.74, 6) is -0.329. The Labute approximate surface area is 152 Å². The number of ether oxygens (including phenoxy) is 1. The predicted molar refractivity (Wildman–Crippen MR) is 95.4 cm³/mol. The van der Waals surface area contributed by atoms with Crippen LogP contribution in [0.3, 0.4) is 0 Å². The minimum absolute atomic E-state index is 0.0364. The van der Waals surface area contributed by atoms with E-state index in [1.54, 1.807) is 34.1 Å². The van der Waals surface area contributed by atoms with E-state index in [9.17, 15) is 14.0 Å². The average Bonchev–Trinajstić information content (AvgIpc) is 2.93. The first kappa shape index (κ1) is 17.9. The molecule has 0 bridgehead atoms. The van der Waals surface area contributed by atoms with Gasteiger partial charge in [-0.05, 0) is 30.7 Å². The number of carbonyl (C=O) groups excluding carboxylic acids is 2. The minimum Gasteiger partial charge on any atom is -0.484 e. The molecule has 0 unspecified atom stereocenters. The van der Waals surface area contributed by atoms with Gasteiger partial charge in [-0.2, -0.15) is 0 Å². The summed E-state index contributed by atoms with van der Waals surface area (Å²) in [6, 6.07) is 15.1. The maximum atomic E-state index is 13.8. The van der Waals surface area contributed by atoms with Crippen LogP contribution in [0.1, 0.15) is 16.8 Å². The second-order valence-corrected chi connectivity index (χ2v) is 6.11. The number of amides is 2. The molecule has 1 heterocycles. The molecule has 0 aliphatic carbocycles. The zero-order chi connectivity index (χ0) is 18.4. The summed E-state index contributed by atoms with van der Waals surface area (Å²) in [4.78, 5) is 28.2. The zero-order valence-electron chi connectivity index (χ0n) is 14.4. The molecular weight excluding hydrogens is 335 g/mol. The van der Waals surface area contributed by atoms with Crippen LogP contribution in [0.2, 0.25) is 0 Å². The maximum absolute atomic E-state index is 13.8. The Hall–Kier alpha value is -2.89. The number of nitrogens with zero attached hydrogens (tertiary/aromatic N) is 2. The number of rotatable bonds is 4. The van der Waals surface area contributed by atoms with Crippen LogP contribution >= 0.6 is 0 Å². The quantitative estimate of drug-likeness (QED) is 0.846. The van der Waals surface area contributed by atoms with Crippen LogP contribution in [0.5, 0.6) is 5.75 Å². The van der Waals surface area contributed by atoms with Crippen molar-refractivity contribution in [2.75, 3.05) is 32.8 Å². The molecule has 2 aromatic carbocycles. The van der Waals surface area contributed by atoms with Crippen LogP contribution in [0.4, 0.5) is 4.39 Å². The fourth-order valence-electron chi connectivity index (χ4n) is 2.93. The Bertz CT molecular complexity index is 767. The molecule has 0 spiro atoms. The molecule has 0 aromatic heterocycles. The molecule has 2 aromatic rings. The highest BCUT2D eigenvalue weighted by Gasteiger charge is 2.24. The molecule has 5 nitrogen and oxygen atoms in total. The van der Waals surface area contributed by atoms with Gasteiger partial charge in [-0.1, -0.05) is 30.3 Å². The lowest BCUT2D eigenvalue weighted by Crippen LogP contribution is -2.39. The number of benzene rings is 2. The van der Waals surface area contributed by atoms with Crippen molar-refractivity contribution in [3.05, 3.63) is 66.0 Å². The van der Waals surface area contributed by atoms with E-state index in [2.05, 4.69) is 0 Å². The average molecular weight is 356 g/mol. The number of para-hydroxylation sites is 1. The van der Waals surface area contributed by atoms with Gasteiger partial charge in [-0.15, -0.1) is 0 Å². The predicted octanol–water partition coefficient (Wildman–Crippen LogP) is 2.58. The number of carbonyl (C=O) groups is 2. The summed E-state index contributed by atoms with van der Waals surface area (Å²) in [7, 11) is 0. The number of hydrogen-bond donors (Lipinski definition) is 0. The summed E-state index contributed by atoms with van der Waals surface area (Å²) in [6.07, 6.45) is 0.650. The summed E-state index contributed by atoms with van der Waals surface area (Å²) in [5, 5.41) is 0. The molecule has 1 fully saturated rings. The second-order valence-electron chi connectivity index (χ2n) is 6.11. The van der Waals surface area contributed by atoms with Gasteiger partial charge >= 0.3 is 0 Å². The first-order chi connectivity index (χ1) is 12.6. The van der Waals surface area contributed by atoms with E-state index < -0.39 is 5.82 Å². The van der Waals surface area contributed by atoms with Gasteiger partial charge in [0.25, 0.3) is 11.8 Å². The lowest BCUT2D eigenvalue weighted by molar-refractivity contribution is -0.133. The highest BCUT2D eigenvalue weighted by atomic mass is 19.1. The van der Waals surface area contributed by atoms with E-state index in [1.165, 1.54) is 12.1 Å². The van der Waals surface area contributed by atoms with E-state index in [-0.39, 0.29) is 24.0 Å². The van der Waals surface area contributed by atoms with E-state index in [1.807, 2.05) is 18.2 Å². The van der Waals surface area contributed by atoms with E-state index in [4.69, 9.17) is 4.74 Å². The van der Waals surface area contributed by atoms with Crippen LogP contribution in [0, 0.1) is 5.82 Å². The molecule has 1 aliphatic heterocycles. The van der Waals surface area contributed by atoms with Crippen molar-refractivity contribution in [2.45, 2.75) is 6.42 Å². The van der Waals surface area contributed by atoms with Gasteiger partial charge in [-0.3, -0.25) is 9.59 Å². The summed E-state index contributed by atoms with van der Waals surface area (Å²) in [5.41, 5.74) is 0.0692. The van der Waals surface area contributed by atoms with Crippen LogP contribution in [-0.4, -0.2) is 54.4 Å². The van der Waals surface area contributed by atoms with E-state index >= 15 is 0 Å². The molecule has 26 heavy (non-hydrogen) atoms. The van der Waals surface area contributed by atoms with Crippen molar-refractivity contribution in [1.29, 1.82) is 0 Å². The smallest absolute Gasteiger partial charge is 0.260 e. The van der Waals surface area contributed by atoms with Crippen molar-refractivity contribution < 1.29 is 18.7 Å². The number of hydrogen-bond acceptors (Lipinski definition) is 3. The zero-order valence-corrected chi connectivity index (χ0v) is 14.4. The molecule has 2 amide bonds. The van der Waals surface area contributed by atoms with Gasteiger partial charge in [0, 0.05) is 26.2 Å². The fraction of sp³-hybridized carbons (Fsp3) is 0.300. The molecule has 0 saturated carbocycles. The molecule has 136 valence electrons. The molecule has 0 atom stereocenters. The van der Waals surface area contributed by atoms with Gasteiger partial charge in [0.1, 0.15) is 11.6 Å². The van der Waals surface area contributed by atoms with Crippen molar-refractivity contribution in [3.8, 4) is 5.75 Å². The Morgan fingerprint density at radius 2 is 1.54 bits per heavy atom. The Kier molecular flexibility index (Phi) is 5.84. The Morgan fingerprint density at radius 1 is 0.885 bits per heavy atom. The molecular formula is C20H21FN2O3. The summed E-state index contributed by atoms with van der Waals surface area (Å²) >= 11 is 0. The second kappa shape index (κ2) is 8.47. The molecule has 6 heteroatoms. The van der Waals surface area contributed by atoms with E-state index in [0.29, 0.717) is 38.3 Å². The lowest BCUT2D eigenvalue weighted by Gasteiger charge is -2.22. The largest absolute Gasteiger partial charge is 0.484 e. The maximum Gasteiger partial charge on any atom is 0.260 e. The monoisotopic (exact) mass is 356 g/mol. The van der Waals surface area contributed by atoms with Crippen molar-refractivity contribution in [1.82, 2.24) is 9.80 Å². The van der Waals surface area contributed by atoms with Crippen LogP contribution in [0.25, 0.3) is 0 Å². The number of halogens is 1. The van der Waals surface area contributed by atoms with Crippen LogP contribution < -0.4 is 4.74 Å². The van der Waals surface area contributed by atoms with E-state index in [0.717, 1.165) is 0 Å². The summed E-state index contributed by atoms with van der Waals surface area (Å²) < 4.78 is 19.3. The third-order valence-electron chi connectivity index (χ3n) is 4.35. The molecule has 0 N–H and O–H groups in total. The van der Waals surface area contributed by atoms with Gasteiger partial charge in [0.05, 0.1) is 5.56 Å². The van der Waals surface area contributed by atoms with Gasteiger partial charge in [0.15, 0.2) is 6.61 Å². The highest BCUT2D eigenvalue weighted by molar-refractivity contribution is 5.94. The summed E-state index contributed by atoms with van der Waals surface area (Å²) in [6.45, 7) is 1.81. The van der Waals surface area contributed by atoms with Gasteiger partial charge in [0.2, 0.25) is 0 Å². The topological polar surface area (TPSA) is 49.9 Å². The van der Waals surface area contributed by atoms with Gasteiger partial charge in [-0.25, -0.2) is 4.39 Å². The van der Waals surface area contributed by atoms with Crippen molar-refractivity contribution in [2.24, 2.45) is 0 Å². The van der Waals surface area contributed by atoms with Crippen molar-refractivity contribution >= 4 is 11.8 Å². The van der Waals surface area contributed by atoms with Crippen molar-refractivity contribution in [3.63, 3.8) is 0 Å². The SMILES string of the molecule is O=C(COc1ccccc1)N1CCCN(C(=O)c2ccccc2F)CC1. The first-order valence-electron chi connectivity index (χ1n) is 8.64. The normalized spacial score (nSPS) is 14.7. The standard InChI is InChI=1S/C20H21FN2O3/c21-18-10-5-4-9-17(18)20(25)23-12-6-11-22(13-14-23)19(24)15-26-16-7-2-1-3-8-16/h1-5,7-10H,6,11-15H2. The molecule has 3 rings (SSSR count). The molecule has 1 aliphatic rings. The highest BCUT2D eigenvalue weighted by Crippen LogP contribution is 2.13. The first-order valence-corrected chi connectivity index (χ1v) is 8.64. The molecule has 0 radical (unpaired) electrons. The minimum atomic E-state index is -0.522. The third kappa shape index (κ3) is 4.39. The Morgan fingerprint density at radius 3 is 2.31 bits per heavy atom. The lowest BCUT2D eigenvalue weighted by atomic mass is 10.2. The molecule has 1 saturated heterocycles. The fourth-order valence-corrected chi connectivity index (χ4v) is 2.93. The van der Waals surface area contributed by atoms with Crippen LogP contribution in [-0.2, 0) is 4.79 Å². The third-order valence-corrected chi connectivity index (χ3v) is 4.35. The van der Waals surface area contributed by atoms with Crippen LogP contribution in [0.15, 0.2) is 54.6 Å². The van der Waals surface area contributed by atoms with Gasteiger partial charge < -0.3 is 14.5 Å².